The molecule has 208 valence electrons. The number of aliphatic imine (C=N–C) groups is 1. The number of amides is 2. The summed E-state index contributed by atoms with van der Waals surface area (Å²) in [5.41, 5.74) is 7.28. The summed E-state index contributed by atoms with van der Waals surface area (Å²) in [5.74, 6) is -0.164. The van der Waals surface area contributed by atoms with Gasteiger partial charge < -0.3 is 24.8 Å². The maximum absolute atomic E-state index is 12.6. The van der Waals surface area contributed by atoms with Gasteiger partial charge in [-0.1, -0.05) is 0 Å². The van der Waals surface area contributed by atoms with E-state index in [1.54, 1.807) is 29.2 Å². The quantitative estimate of drug-likeness (QED) is 0.237. The number of hydrogen-bond acceptors (Lipinski definition) is 9. The number of cyclic esters (lactones) is 1. The first-order valence-electron chi connectivity index (χ1n) is 13.1. The summed E-state index contributed by atoms with van der Waals surface area (Å²) in [5, 5.41) is 0. The number of anilines is 1. The Morgan fingerprint density at radius 1 is 1.11 bits per heavy atom. The predicted molar refractivity (Wildman–Crippen MR) is 141 cm³/mol. The molecule has 0 spiro atoms. The lowest BCUT2D eigenvalue weighted by Crippen LogP contribution is -2.53. The SMILES string of the molecule is COC(=O)C(C)N1CCN(CC2CN(c3ccc(C(N)=NC(=O)OC4CCN(C)CC4)cc3)C(=O)O2)CC1. The maximum atomic E-state index is 12.6. The molecule has 1 aromatic rings. The van der Waals surface area contributed by atoms with E-state index in [2.05, 4.69) is 19.7 Å². The van der Waals surface area contributed by atoms with Crippen molar-refractivity contribution in [3.8, 4) is 0 Å². The lowest BCUT2D eigenvalue weighted by atomic mass is 10.1. The van der Waals surface area contributed by atoms with E-state index in [0.29, 0.717) is 24.3 Å². The van der Waals surface area contributed by atoms with Gasteiger partial charge in [0.25, 0.3) is 0 Å². The summed E-state index contributed by atoms with van der Waals surface area (Å²) < 4.78 is 15.9. The van der Waals surface area contributed by atoms with Crippen molar-refractivity contribution in [1.82, 2.24) is 14.7 Å². The van der Waals surface area contributed by atoms with Crippen LogP contribution in [0, 0.1) is 0 Å². The number of piperazine rings is 1. The van der Waals surface area contributed by atoms with Crippen molar-refractivity contribution in [3.05, 3.63) is 29.8 Å². The molecule has 3 fully saturated rings. The van der Waals surface area contributed by atoms with Gasteiger partial charge in [0.1, 0.15) is 24.1 Å². The van der Waals surface area contributed by atoms with Crippen molar-refractivity contribution in [2.45, 2.75) is 38.0 Å². The number of nitrogens with zero attached hydrogens (tertiary/aromatic N) is 5. The van der Waals surface area contributed by atoms with Crippen molar-refractivity contribution in [2.75, 3.05) is 71.4 Å². The van der Waals surface area contributed by atoms with Crippen LogP contribution in [0.15, 0.2) is 29.3 Å². The number of piperidine rings is 1. The Balaban J connectivity index is 1.26. The fourth-order valence-corrected chi connectivity index (χ4v) is 5.01. The van der Waals surface area contributed by atoms with Gasteiger partial charge in [-0.05, 0) is 51.1 Å². The molecule has 3 saturated heterocycles. The first-order chi connectivity index (χ1) is 18.2. The number of amidine groups is 1. The summed E-state index contributed by atoms with van der Waals surface area (Å²) >= 11 is 0. The van der Waals surface area contributed by atoms with E-state index in [-0.39, 0.29) is 30.1 Å². The van der Waals surface area contributed by atoms with Gasteiger partial charge >= 0.3 is 18.2 Å². The molecule has 12 heteroatoms. The van der Waals surface area contributed by atoms with Gasteiger partial charge in [0, 0.05) is 57.1 Å². The largest absolute Gasteiger partial charge is 0.468 e. The minimum atomic E-state index is -0.687. The highest BCUT2D eigenvalue weighted by molar-refractivity contribution is 6.03. The highest BCUT2D eigenvalue weighted by Gasteiger charge is 2.35. The second kappa shape index (κ2) is 12.5. The summed E-state index contributed by atoms with van der Waals surface area (Å²) in [7, 11) is 3.44. The van der Waals surface area contributed by atoms with E-state index in [9.17, 15) is 14.4 Å². The third kappa shape index (κ3) is 7.00. The lowest BCUT2D eigenvalue weighted by molar-refractivity contribution is -0.147. The Kier molecular flexibility index (Phi) is 9.18. The minimum absolute atomic E-state index is 0.0667. The van der Waals surface area contributed by atoms with Crippen LogP contribution in [0.3, 0.4) is 0 Å². The molecule has 0 bridgehead atoms. The molecule has 38 heavy (non-hydrogen) atoms. The number of esters is 1. The molecule has 2 amide bonds. The van der Waals surface area contributed by atoms with E-state index in [1.807, 2.05) is 14.0 Å². The van der Waals surface area contributed by atoms with Crippen LogP contribution in [0.4, 0.5) is 15.3 Å². The highest BCUT2D eigenvalue weighted by atomic mass is 16.6. The Morgan fingerprint density at radius 2 is 1.76 bits per heavy atom. The van der Waals surface area contributed by atoms with Crippen molar-refractivity contribution < 1.29 is 28.6 Å². The molecular weight excluding hydrogens is 492 g/mol. The maximum Gasteiger partial charge on any atom is 0.435 e. The number of likely N-dealkylation sites (tertiary alicyclic amines) is 1. The van der Waals surface area contributed by atoms with E-state index >= 15 is 0 Å². The molecule has 0 aliphatic carbocycles. The van der Waals surface area contributed by atoms with E-state index < -0.39 is 12.2 Å². The standard InChI is InChI=1S/C26H38N6O6/c1-18(24(33)36-3)31-14-12-30(13-15-31)16-22-17-32(26(35)38-22)20-6-4-19(5-7-20)23(27)28-25(34)37-21-8-10-29(2)11-9-21/h4-7,18,21-22H,8-17H2,1-3H3,(H2,27,28,34). The molecule has 3 aliphatic heterocycles. The van der Waals surface area contributed by atoms with Crippen LogP contribution in [0.1, 0.15) is 25.3 Å². The zero-order chi connectivity index (χ0) is 27.2. The number of ether oxygens (including phenoxy) is 3. The zero-order valence-corrected chi connectivity index (χ0v) is 22.4. The predicted octanol–water partition coefficient (Wildman–Crippen LogP) is 1.13. The molecule has 0 aromatic heterocycles. The van der Waals surface area contributed by atoms with Gasteiger partial charge in [-0.15, -0.1) is 0 Å². The van der Waals surface area contributed by atoms with Gasteiger partial charge in [-0.25, -0.2) is 9.59 Å². The number of hydrogen-bond donors (Lipinski definition) is 1. The molecular formula is C26H38N6O6. The van der Waals surface area contributed by atoms with Crippen LogP contribution < -0.4 is 10.6 Å². The van der Waals surface area contributed by atoms with Gasteiger partial charge in [0.2, 0.25) is 0 Å². The lowest BCUT2D eigenvalue weighted by Gasteiger charge is -2.37. The summed E-state index contributed by atoms with van der Waals surface area (Å²) in [4.78, 5) is 48.6. The Labute approximate surface area is 223 Å². The smallest absolute Gasteiger partial charge is 0.435 e. The summed E-state index contributed by atoms with van der Waals surface area (Å²) in [6, 6.07) is 6.69. The van der Waals surface area contributed by atoms with Crippen LogP contribution in [0.25, 0.3) is 0 Å². The normalized spacial score (nSPS) is 23.2. The van der Waals surface area contributed by atoms with Gasteiger partial charge in [-0.3, -0.25) is 19.5 Å². The number of methoxy groups -OCH3 is 1. The zero-order valence-electron chi connectivity index (χ0n) is 22.4. The van der Waals surface area contributed by atoms with Gasteiger partial charge in [0.05, 0.1) is 13.7 Å². The third-order valence-electron chi connectivity index (χ3n) is 7.45. The van der Waals surface area contributed by atoms with Crippen LogP contribution in [0.2, 0.25) is 0 Å². The highest BCUT2D eigenvalue weighted by Crippen LogP contribution is 2.23. The minimum Gasteiger partial charge on any atom is -0.468 e. The second-order valence-corrected chi connectivity index (χ2v) is 10.1. The molecule has 3 heterocycles. The number of benzene rings is 1. The first-order valence-corrected chi connectivity index (χ1v) is 13.1. The van der Waals surface area contributed by atoms with E-state index in [4.69, 9.17) is 19.9 Å². The summed E-state index contributed by atoms with van der Waals surface area (Å²) in [6.07, 6.45) is 0.0808. The monoisotopic (exact) mass is 530 g/mol. The van der Waals surface area contributed by atoms with Crippen molar-refractivity contribution in [1.29, 1.82) is 0 Å². The Hall–Kier alpha value is -3.22. The number of carbonyl (C=O) groups is 3. The molecule has 12 nitrogen and oxygen atoms in total. The van der Waals surface area contributed by atoms with Crippen LogP contribution >= 0.6 is 0 Å². The number of carbonyl (C=O) groups excluding carboxylic acids is 3. The summed E-state index contributed by atoms with van der Waals surface area (Å²) in [6.45, 7) is 7.73. The van der Waals surface area contributed by atoms with Crippen LogP contribution in [-0.2, 0) is 19.0 Å². The topological polar surface area (TPSA) is 130 Å². The molecule has 2 atom stereocenters. The third-order valence-corrected chi connectivity index (χ3v) is 7.45. The van der Waals surface area contributed by atoms with Crippen molar-refractivity contribution in [3.63, 3.8) is 0 Å². The molecule has 3 aliphatic rings. The van der Waals surface area contributed by atoms with Gasteiger partial charge in [0.15, 0.2) is 0 Å². The van der Waals surface area contributed by atoms with Crippen molar-refractivity contribution >= 4 is 29.7 Å². The van der Waals surface area contributed by atoms with Crippen molar-refractivity contribution in [2.24, 2.45) is 10.7 Å². The molecule has 0 saturated carbocycles. The molecule has 4 rings (SSSR count). The Bertz CT molecular complexity index is 1020. The number of nitrogens with two attached hydrogens (primary N) is 1. The second-order valence-electron chi connectivity index (χ2n) is 10.1. The molecule has 1 aromatic carbocycles. The molecule has 2 unspecified atom stereocenters. The number of rotatable bonds is 7. The fourth-order valence-electron chi connectivity index (χ4n) is 5.01. The van der Waals surface area contributed by atoms with E-state index in [1.165, 1.54) is 7.11 Å². The van der Waals surface area contributed by atoms with E-state index in [0.717, 1.165) is 52.1 Å². The van der Waals surface area contributed by atoms with Crippen LogP contribution in [-0.4, -0.2) is 123 Å². The first kappa shape index (κ1) is 27.8. The molecule has 2 N–H and O–H groups in total. The average molecular weight is 531 g/mol. The van der Waals surface area contributed by atoms with Crippen LogP contribution in [0.5, 0.6) is 0 Å². The average Bonchev–Trinajstić information content (AvgIpc) is 3.29. The van der Waals surface area contributed by atoms with Gasteiger partial charge in [-0.2, -0.15) is 4.99 Å². The Morgan fingerprint density at radius 3 is 2.39 bits per heavy atom. The molecule has 0 radical (unpaired) electrons. The fraction of sp³-hybridized carbons (Fsp3) is 0.615.